The summed E-state index contributed by atoms with van der Waals surface area (Å²) < 4.78 is 0. The van der Waals surface area contributed by atoms with Gasteiger partial charge in [-0.1, -0.05) is 121 Å². The lowest BCUT2D eigenvalue weighted by atomic mass is 9.85. The maximum Gasteiger partial charge on any atom is -0.00141 e. The van der Waals surface area contributed by atoms with Crippen molar-refractivity contribution in [3.8, 4) is 11.1 Å². The lowest BCUT2D eigenvalue weighted by molar-refractivity contribution is 1.70. The Morgan fingerprint density at radius 2 is 0.737 bits per heavy atom. The molecule has 9 rings (SSSR count). The van der Waals surface area contributed by atoms with Crippen LogP contribution < -0.4 is 0 Å². The molecule has 174 valence electrons. The SMILES string of the molecule is c1ccc2cc(-c3cc4cccc5c6cccc7ccc8cccc(c9cccc3c9c45)c8c76)ccc2c1. The van der Waals surface area contributed by atoms with E-state index in [0.29, 0.717) is 0 Å². The number of hydrogen-bond acceptors (Lipinski definition) is 0. The molecular weight excluding hydrogens is 456 g/mol. The number of benzene rings is 8. The quantitative estimate of drug-likeness (QED) is 0.206. The summed E-state index contributed by atoms with van der Waals surface area (Å²) in [5, 5.41) is 18.4. The summed E-state index contributed by atoms with van der Waals surface area (Å²) in [6, 6.07) is 49.7. The topological polar surface area (TPSA) is 0 Å². The van der Waals surface area contributed by atoms with Gasteiger partial charge in [-0.2, -0.15) is 0 Å². The first-order valence-electron chi connectivity index (χ1n) is 13.3. The Bertz CT molecular complexity index is 2390. The van der Waals surface area contributed by atoms with Crippen LogP contribution in [0.25, 0.3) is 86.5 Å². The van der Waals surface area contributed by atoms with Crippen molar-refractivity contribution in [2.24, 2.45) is 0 Å². The van der Waals surface area contributed by atoms with E-state index in [1.807, 2.05) is 0 Å². The van der Waals surface area contributed by atoms with E-state index in [2.05, 4.69) is 133 Å². The predicted octanol–water partition coefficient (Wildman–Crippen LogP) is 10.9. The molecule has 0 saturated carbocycles. The van der Waals surface area contributed by atoms with Crippen molar-refractivity contribution in [2.75, 3.05) is 0 Å². The Morgan fingerprint density at radius 3 is 1.42 bits per heavy atom. The molecule has 9 aromatic carbocycles. The summed E-state index contributed by atoms with van der Waals surface area (Å²) in [6.07, 6.45) is 0. The highest BCUT2D eigenvalue weighted by Crippen LogP contribution is 2.45. The lowest BCUT2D eigenvalue weighted by Gasteiger charge is -2.18. The third-order valence-electron chi connectivity index (χ3n) is 8.53. The van der Waals surface area contributed by atoms with Gasteiger partial charge >= 0.3 is 0 Å². The Hall–Kier alpha value is -4.94. The van der Waals surface area contributed by atoms with E-state index in [1.165, 1.54) is 86.5 Å². The summed E-state index contributed by atoms with van der Waals surface area (Å²) in [6.45, 7) is 0. The van der Waals surface area contributed by atoms with Crippen LogP contribution in [0.15, 0.2) is 133 Å². The monoisotopic (exact) mass is 478 g/mol. The smallest absolute Gasteiger partial charge is 0.00141 e. The Labute approximate surface area is 219 Å². The van der Waals surface area contributed by atoms with Crippen molar-refractivity contribution >= 4 is 75.4 Å². The minimum atomic E-state index is 1.26. The van der Waals surface area contributed by atoms with Gasteiger partial charge in [0.05, 0.1) is 0 Å². The minimum Gasteiger partial charge on any atom is -0.0616 e. The molecule has 0 fully saturated rings. The molecule has 0 nitrogen and oxygen atoms in total. The van der Waals surface area contributed by atoms with Crippen molar-refractivity contribution in [2.45, 2.75) is 0 Å². The van der Waals surface area contributed by atoms with Crippen LogP contribution in [0.1, 0.15) is 0 Å². The van der Waals surface area contributed by atoms with E-state index in [0.717, 1.165) is 0 Å². The Morgan fingerprint density at radius 1 is 0.263 bits per heavy atom. The fourth-order valence-electron chi connectivity index (χ4n) is 6.90. The second kappa shape index (κ2) is 7.31. The van der Waals surface area contributed by atoms with E-state index in [4.69, 9.17) is 0 Å². The normalized spacial score (nSPS) is 12.2. The summed E-state index contributed by atoms with van der Waals surface area (Å²) in [7, 11) is 0. The zero-order valence-electron chi connectivity index (χ0n) is 20.7. The summed E-state index contributed by atoms with van der Waals surface area (Å²) >= 11 is 0. The molecule has 38 heavy (non-hydrogen) atoms. The van der Waals surface area contributed by atoms with E-state index >= 15 is 0 Å². The fraction of sp³-hybridized carbons (Fsp3) is 0. The first kappa shape index (κ1) is 20.2. The first-order chi connectivity index (χ1) is 18.8. The molecule has 0 heterocycles. The minimum absolute atomic E-state index is 1.26. The average molecular weight is 479 g/mol. The molecule has 0 N–H and O–H groups in total. The summed E-state index contributed by atoms with van der Waals surface area (Å²) in [4.78, 5) is 0. The molecule has 0 bridgehead atoms. The highest BCUT2D eigenvalue weighted by Gasteiger charge is 2.17. The van der Waals surface area contributed by atoms with Gasteiger partial charge in [-0.3, -0.25) is 0 Å². The molecule has 0 atom stereocenters. The summed E-state index contributed by atoms with van der Waals surface area (Å²) in [5.74, 6) is 0. The standard InChI is InChI=1S/C38H22/c1-2-8-26-21-27(20-17-23(26)7-1)34-22-28-11-5-14-30-29-12-3-9-24-18-19-25-10-4-13-31(36(25)35(24)29)32-15-6-16-33(34)38(32)37(28)30/h1-22H. The zero-order valence-corrected chi connectivity index (χ0v) is 20.7. The van der Waals surface area contributed by atoms with Gasteiger partial charge in [0.1, 0.15) is 0 Å². The average Bonchev–Trinajstić information content (AvgIpc) is 2.98. The fourth-order valence-corrected chi connectivity index (χ4v) is 6.90. The Balaban J connectivity index is 1.59. The molecule has 0 aromatic heterocycles. The van der Waals surface area contributed by atoms with Gasteiger partial charge < -0.3 is 0 Å². The van der Waals surface area contributed by atoms with Crippen molar-refractivity contribution in [1.29, 1.82) is 0 Å². The molecule has 0 heteroatoms. The van der Waals surface area contributed by atoms with Gasteiger partial charge in [0, 0.05) is 0 Å². The largest absolute Gasteiger partial charge is 0.0616 e. The van der Waals surface area contributed by atoms with E-state index < -0.39 is 0 Å². The molecule has 0 spiro atoms. The van der Waals surface area contributed by atoms with Crippen LogP contribution >= 0.6 is 0 Å². The second-order valence-corrected chi connectivity index (χ2v) is 10.5. The predicted molar refractivity (Wildman–Crippen MR) is 166 cm³/mol. The van der Waals surface area contributed by atoms with E-state index in [-0.39, 0.29) is 0 Å². The third-order valence-corrected chi connectivity index (χ3v) is 8.53. The van der Waals surface area contributed by atoms with Crippen molar-refractivity contribution < 1.29 is 0 Å². The van der Waals surface area contributed by atoms with E-state index in [9.17, 15) is 0 Å². The van der Waals surface area contributed by atoms with Crippen LogP contribution in [-0.4, -0.2) is 0 Å². The van der Waals surface area contributed by atoms with Crippen LogP contribution in [0.4, 0.5) is 0 Å². The maximum absolute atomic E-state index is 2.41. The van der Waals surface area contributed by atoms with Gasteiger partial charge in [-0.25, -0.2) is 0 Å². The van der Waals surface area contributed by atoms with Crippen molar-refractivity contribution in [1.82, 2.24) is 0 Å². The molecule has 0 aliphatic heterocycles. The molecule has 9 aromatic rings. The maximum atomic E-state index is 2.41. The molecule has 0 aliphatic carbocycles. The lowest BCUT2D eigenvalue weighted by Crippen LogP contribution is -1.90. The number of hydrogen-bond donors (Lipinski definition) is 0. The molecule has 0 amide bonds. The second-order valence-electron chi connectivity index (χ2n) is 10.5. The van der Waals surface area contributed by atoms with Gasteiger partial charge in [0.15, 0.2) is 0 Å². The molecule has 0 aliphatic rings. The number of fused-ring (bicyclic) bond motifs is 3. The van der Waals surface area contributed by atoms with Crippen LogP contribution in [0.2, 0.25) is 0 Å². The molecule has 0 radical (unpaired) electrons. The zero-order chi connectivity index (χ0) is 24.8. The van der Waals surface area contributed by atoms with Gasteiger partial charge in [0.2, 0.25) is 0 Å². The van der Waals surface area contributed by atoms with Crippen LogP contribution in [0.3, 0.4) is 0 Å². The van der Waals surface area contributed by atoms with Crippen molar-refractivity contribution in [3.63, 3.8) is 0 Å². The van der Waals surface area contributed by atoms with Crippen LogP contribution in [0, 0.1) is 0 Å². The highest BCUT2D eigenvalue weighted by atomic mass is 14.2. The van der Waals surface area contributed by atoms with E-state index in [1.54, 1.807) is 0 Å². The van der Waals surface area contributed by atoms with Gasteiger partial charge in [-0.15, -0.1) is 0 Å². The van der Waals surface area contributed by atoms with Crippen LogP contribution in [0.5, 0.6) is 0 Å². The first-order valence-corrected chi connectivity index (χ1v) is 13.3. The van der Waals surface area contributed by atoms with Crippen molar-refractivity contribution in [3.05, 3.63) is 133 Å². The number of rotatable bonds is 1. The summed E-state index contributed by atoms with van der Waals surface area (Å²) in [5.41, 5.74) is 2.55. The van der Waals surface area contributed by atoms with Gasteiger partial charge in [0.25, 0.3) is 0 Å². The highest BCUT2D eigenvalue weighted by molar-refractivity contribution is 6.37. The third kappa shape index (κ3) is 2.59. The molecule has 0 unspecified atom stereocenters. The molecule has 0 saturated heterocycles. The van der Waals surface area contributed by atoms with Crippen LogP contribution in [-0.2, 0) is 0 Å². The molecular formula is C38H22. The Kier molecular flexibility index (Phi) is 3.88. The van der Waals surface area contributed by atoms with Gasteiger partial charge in [-0.05, 0) is 98.7 Å².